The number of carbonyl (C=O) groups is 2. The van der Waals surface area contributed by atoms with E-state index in [9.17, 15) is 28.4 Å². The summed E-state index contributed by atoms with van der Waals surface area (Å²) in [6.07, 6.45) is -3.77. The molecule has 38 heavy (non-hydrogen) atoms. The molecule has 17 heteroatoms. The van der Waals surface area contributed by atoms with Crippen molar-refractivity contribution in [3.05, 3.63) is 22.7 Å². The van der Waals surface area contributed by atoms with Crippen LogP contribution in [-0.2, 0) is 32.4 Å². The fourth-order valence-electron chi connectivity index (χ4n) is 2.83. The van der Waals surface area contributed by atoms with Gasteiger partial charge in [0.25, 0.3) is 0 Å². The van der Waals surface area contributed by atoms with Gasteiger partial charge in [-0.15, -0.1) is 11.8 Å². The van der Waals surface area contributed by atoms with Crippen LogP contribution in [0.2, 0.25) is 0 Å². The minimum Gasteiger partial charge on any atom is -0.432 e. The molecule has 2 heterocycles. The second kappa shape index (κ2) is 14.1. The Balaban J connectivity index is 2.03. The lowest BCUT2D eigenvalue weighted by Gasteiger charge is -2.21. The van der Waals surface area contributed by atoms with Gasteiger partial charge in [-0.25, -0.2) is 23.1 Å². The zero-order chi connectivity index (χ0) is 28.7. The number of nitrogens with two attached hydrogens (primary N) is 1. The third-order valence-electron chi connectivity index (χ3n) is 4.71. The van der Waals surface area contributed by atoms with Crippen molar-refractivity contribution in [3.63, 3.8) is 0 Å². The number of aromatic nitrogens is 2. The van der Waals surface area contributed by atoms with Crippen LogP contribution in [0.1, 0.15) is 40.0 Å². The molecule has 0 radical (unpaired) electrons. The van der Waals surface area contributed by atoms with E-state index in [1.165, 1.54) is 12.3 Å². The minimum atomic E-state index is -4.42. The van der Waals surface area contributed by atoms with Crippen LogP contribution in [0.3, 0.4) is 0 Å². The molecule has 0 aromatic carbocycles. The fourth-order valence-corrected chi connectivity index (χ4v) is 6.32. The minimum absolute atomic E-state index is 0.0396. The average Bonchev–Trinajstić information content (AvgIpc) is 3.08. The quantitative estimate of drug-likeness (QED) is 0.154. The summed E-state index contributed by atoms with van der Waals surface area (Å²) in [5, 5.41) is 8.14. The molecule has 0 aliphatic carbocycles. The van der Waals surface area contributed by atoms with Crippen LogP contribution in [0.4, 0.5) is 15.0 Å². The van der Waals surface area contributed by atoms with Crippen LogP contribution in [0.5, 0.6) is 0 Å². The molecule has 1 aromatic heterocycles. The molecule has 0 saturated carbocycles. The third-order valence-corrected chi connectivity index (χ3v) is 8.88. The Morgan fingerprint density at radius 3 is 2.61 bits per heavy atom. The van der Waals surface area contributed by atoms with Gasteiger partial charge >= 0.3 is 19.7 Å². The smallest absolute Gasteiger partial charge is 0.432 e. The van der Waals surface area contributed by atoms with Crippen LogP contribution in [0.25, 0.3) is 0 Å². The first-order valence-corrected chi connectivity index (χ1v) is 14.9. The lowest BCUT2D eigenvalue weighted by atomic mass is 10.00. The number of carbonyl (C=O) groups excluding carboxylic acids is 2. The topological polar surface area (TPSA) is 178 Å². The first kappa shape index (κ1) is 32.5. The Morgan fingerprint density at radius 2 is 2.00 bits per heavy atom. The molecule has 0 amide bonds. The Labute approximate surface area is 227 Å². The number of alkyl halides is 1. The Kier molecular flexibility index (Phi) is 12.1. The van der Waals surface area contributed by atoms with Crippen LogP contribution >= 0.6 is 31.3 Å². The highest BCUT2D eigenvalue weighted by Gasteiger charge is 2.46. The molecule has 5 atom stereocenters. The molecule has 216 valence electrons. The van der Waals surface area contributed by atoms with Gasteiger partial charge in [0, 0.05) is 17.4 Å². The molecular weight excluding hydrogens is 568 g/mol. The molecule has 1 aliphatic heterocycles. The molecule has 3 N–H and O–H groups in total. The number of phosphoric ester groups is 1. The number of hydrogen-bond acceptors (Lipinski definition) is 14. The lowest BCUT2D eigenvalue weighted by Crippen LogP contribution is -2.33. The number of halogens is 1. The number of nitrogen functional groups attached to an aromatic ring is 1. The van der Waals surface area contributed by atoms with Crippen molar-refractivity contribution in [1.82, 2.24) is 9.55 Å². The molecule has 13 nitrogen and oxygen atoms in total. The van der Waals surface area contributed by atoms with Gasteiger partial charge in [-0.2, -0.15) is 4.98 Å². The fraction of sp³-hybridized carbons (Fsp3) is 0.714. The molecule has 1 aromatic rings. The van der Waals surface area contributed by atoms with E-state index in [0.29, 0.717) is 0 Å². The summed E-state index contributed by atoms with van der Waals surface area (Å²) in [7, 11) is -4.42. The molecule has 0 bridgehead atoms. The van der Waals surface area contributed by atoms with Crippen molar-refractivity contribution in [2.75, 3.05) is 31.5 Å². The van der Waals surface area contributed by atoms with E-state index >= 15 is 0 Å². The van der Waals surface area contributed by atoms with E-state index < -0.39 is 67.5 Å². The maximum absolute atomic E-state index is 14.9. The van der Waals surface area contributed by atoms with Crippen molar-refractivity contribution < 1.29 is 46.7 Å². The number of anilines is 1. The average molecular weight is 602 g/mol. The van der Waals surface area contributed by atoms with E-state index in [1.54, 1.807) is 34.6 Å². The number of hydrogen-bond donors (Lipinski definition) is 2. The summed E-state index contributed by atoms with van der Waals surface area (Å²) in [5.74, 6) is 0.0770. The maximum Gasteiger partial charge on any atom is 0.510 e. The first-order chi connectivity index (χ1) is 17.6. The first-order valence-electron chi connectivity index (χ1n) is 11.5. The van der Waals surface area contributed by atoms with Crippen LogP contribution in [0.15, 0.2) is 17.1 Å². The second-order valence-electron chi connectivity index (χ2n) is 9.31. The molecule has 2 rings (SSSR count). The van der Waals surface area contributed by atoms with E-state index in [4.69, 9.17) is 28.8 Å². The summed E-state index contributed by atoms with van der Waals surface area (Å²) in [6, 6.07) is 1.31. The number of aliphatic hydroxyl groups is 1. The van der Waals surface area contributed by atoms with E-state index in [-0.39, 0.29) is 23.3 Å². The van der Waals surface area contributed by atoms with E-state index in [2.05, 4.69) is 4.98 Å². The predicted octanol–water partition coefficient (Wildman–Crippen LogP) is 3.12. The lowest BCUT2D eigenvalue weighted by molar-refractivity contribution is -0.117. The van der Waals surface area contributed by atoms with Gasteiger partial charge in [0.1, 0.15) is 17.3 Å². The highest BCUT2D eigenvalue weighted by molar-refractivity contribution is 8.13. The van der Waals surface area contributed by atoms with Crippen molar-refractivity contribution in [2.24, 2.45) is 5.41 Å². The number of ether oxygens (including phenoxy) is 2. The monoisotopic (exact) mass is 601 g/mol. The third kappa shape index (κ3) is 9.81. The summed E-state index contributed by atoms with van der Waals surface area (Å²) >= 11 is 1.82. The van der Waals surface area contributed by atoms with Crippen LogP contribution < -0.4 is 11.4 Å². The van der Waals surface area contributed by atoms with E-state index in [1.807, 2.05) is 0 Å². The zero-order valence-electron chi connectivity index (χ0n) is 21.6. The Morgan fingerprint density at radius 1 is 1.32 bits per heavy atom. The zero-order valence-corrected chi connectivity index (χ0v) is 24.1. The number of aliphatic hydroxyl groups excluding tert-OH is 1. The van der Waals surface area contributed by atoms with Crippen LogP contribution in [0, 0.1) is 5.41 Å². The van der Waals surface area contributed by atoms with Crippen molar-refractivity contribution in [3.8, 4) is 0 Å². The molecular formula is C21H33FN3O10PS2. The molecule has 0 spiro atoms. The predicted molar refractivity (Wildman–Crippen MR) is 139 cm³/mol. The van der Waals surface area contributed by atoms with Crippen LogP contribution in [-0.4, -0.2) is 75.3 Å². The molecule has 1 aliphatic rings. The van der Waals surface area contributed by atoms with Gasteiger partial charge in [-0.05, 0) is 19.9 Å². The highest BCUT2D eigenvalue weighted by atomic mass is 32.2. The van der Waals surface area contributed by atoms with Gasteiger partial charge in [-0.3, -0.25) is 18.4 Å². The molecule has 1 saturated heterocycles. The number of phosphoric acid groups is 1. The maximum atomic E-state index is 14.9. The Bertz CT molecular complexity index is 1070. The summed E-state index contributed by atoms with van der Waals surface area (Å²) < 4.78 is 54.1. The van der Waals surface area contributed by atoms with Gasteiger partial charge < -0.3 is 20.3 Å². The molecule has 1 fully saturated rings. The second-order valence-corrected chi connectivity index (χ2v) is 13.4. The van der Waals surface area contributed by atoms with Gasteiger partial charge in [0.05, 0.1) is 24.6 Å². The summed E-state index contributed by atoms with van der Waals surface area (Å²) in [5.41, 5.74) is 4.07. The van der Waals surface area contributed by atoms with Gasteiger partial charge in [0.15, 0.2) is 11.3 Å². The number of nitrogens with zero attached hydrogens (tertiary/aromatic N) is 2. The molecule has 1 unspecified atom stereocenters. The summed E-state index contributed by atoms with van der Waals surface area (Å²) in [6.45, 7) is 6.84. The SMILES string of the molecule is CC(C)OC(=O)OCOP(=O)(OCCSC(=O)C(C)(C)C)OC[C@H]1S[C@@H](n2ccc(N)nc2=O)[C@@H](F)[C@@H]1O. The van der Waals surface area contributed by atoms with Gasteiger partial charge in [-0.1, -0.05) is 32.5 Å². The van der Waals surface area contributed by atoms with Gasteiger partial charge in [0.2, 0.25) is 6.79 Å². The normalized spacial score (nSPS) is 23.3. The highest BCUT2D eigenvalue weighted by Crippen LogP contribution is 2.52. The number of rotatable bonds is 12. The van der Waals surface area contributed by atoms with Crippen molar-refractivity contribution >= 4 is 48.4 Å². The largest absolute Gasteiger partial charge is 0.510 e. The van der Waals surface area contributed by atoms with Crippen molar-refractivity contribution in [2.45, 2.75) is 63.6 Å². The van der Waals surface area contributed by atoms with E-state index in [0.717, 1.165) is 28.1 Å². The Hall–Kier alpha value is -1.68. The number of thioether (sulfide) groups is 2. The standard InChI is InChI=1S/C21H33FN3O10PS2/c1-12(2)35-20(29)31-11-34-36(30,32-8-9-37-18(27)21(3,4)5)33-10-13-16(26)15(22)17(38-13)25-7-6-14(23)24-19(25)28/h6-7,12-13,15-17,26H,8-11H2,1-5H3,(H2,23,24,28)/t13-,15+,16-,17-,36?/m1/s1. The summed E-state index contributed by atoms with van der Waals surface area (Å²) in [4.78, 5) is 39.3. The van der Waals surface area contributed by atoms with Crippen molar-refractivity contribution in [1.29, 1.82) is 0 Å².